The molecule has 0 saturated heterocycles. The van der Waals surface area contributed by atoms with Crippen LogP contribution in [0.1, 0.15) is 38.4 Å². The van der Waals surface area contributed by atoms with Crippen LogP contribution in [0.25, 0.3) is 0 Å². The van der Waals surface area contributed by atoms with Gasteiger partial charge < -0.3 is 4.74 Å². The quantitative estimate of drug-likeness (QED) is 0.740. The number of nitrogens with zero attached hydrogens (tertiary/aromatic N) is 2. The molecule has 0 radical (unpaired) electrons. The fourth-order valence-electron chi connectivity index (χ4n) is 1.87. The first-order valence-corrected chi connectivity index (χ1v) is 6.56. The Balaban J connectivity index is 2.43. The van der Waals surface area contributed by atoms with Crippen molar-refractivity contribution in [1.82, 2.24) is 9.78 Å². The average molecular weight is 292 g/mol. The highest BCUT2D eigenvalue weighted by molar-refractivity contribution is 5.81. The van der Waals surface area contributed by atoms with Crippen molar-refractivity contribution in [2.24, 2.45) is 0 Å². The number of alkyl halides is 3. The van der Waals surface area contributed by atoms with E-state index >= 15 is 0 Å². The minimum atomic E-state index is -4.41. The van der Waals surface area contributed by atoms with Crippen LogP contribution in [0.5, 0.6) is 0 Å². The van der Waals surface area contributed by atoms with Gasteiger partial charge in [0.05, 0.1) is 18.2 Å². The number of carbonyl (C=O) groups excluding carboxylic acids is 1. The predicted molar refractivity (Wildman–Crippen MR) is 67.4 cm³/mol. The van der Waals surface area contributed by atoms with Gasteiger partial charge in [-0.15, -0.1) is 0 Å². The molecule has 0 amide bonds. The van der Waals surface area contributed by atoms with Crippen LogP contribution in [-0.4, -0.2) is 35.0 Å². The van der Waals surface area contributed by atoms with Crippen molar-refractivity contribution in [3.63, 3.8) is 0 Å². The predicted octanol–water partition coefficient (Wildman–Crippen LogP) is 2.93. The van der Waals surface area contributed by atoms with E-state index in [1.165, 1.54) is 0 Å². The van der Waals surface area contributed by atoms with Crippen LogP contribution < -0.4 is 0 Å². The van der Waals surface area contributed by atoms with Crippen molar-refractivity contribution in [2.75, 3.05) is 13.2 Å². The zero-order valence-electron chi connectivity index (χ0n) is 11.6. The smallest absolute Gasteiger partial charge is 0.364 e. The normalized spacial score (nSPS) is 12.1. The van der Waals surface area contributed by atoms with Crippen LogP contribution in [0.3, 0.4) is 0 Å². The van der Waals surface area contributed by atoms with Crippen LogP contribution in [0.2, 0.25) is 0 Å². The summed E-state index contributed by atoms with van der Waals surface area (Å²) in [7, 11) is 0. The van der Waals surface area contributed by atoms with Gasteiger partial charge in [0, 0.05) is 6.20 Å². The molecular weight excluding hydrogens is 273 g/mol. The van der Waals surface area contributed by atoms with Gasteiger partial charge in [0.2, 0.25) is 0 Å². The van der Waals surface area contributed by atoms with Crippen molar-refractivity contribution in [2.45, 2.75) is 45.3 Å². The van der Waals surface area contributed by atoms with E-state index in [2.05, 4.69) is 9.84 Å². The molecule has 7 heteroatoms. The lowest BCUT2D eigenvalue weighted by Crippen LogP contribution is -2.21. The Morgan fingerprint density at radius 2 is 2.05 bits per heavy atom. The molecule has 114 valence electrons. The fraction of sp³-hybridized carbons (Fsp3) is 0.692. The summed E-state index contributed by atoms with van der Waals surface area (Å²) in [6.45, 7) is 2.15. The zero-order chi connectivity index (χ0) is 15.2. The van der Waals surface area contributed by atoms with Crippen LogP contribution in [0.4, 0.5) is 13.2 Å². The second kappa shape index (κ2) is 7.42. The molecule has 1 aromatic rings. The summed E-state index contributed by atoms with van der Waals surface area (Å²) < 4.78 is 41.7. The molecule has 0 spiro atoms. The molecule has 0 unspecified atom stereocenters. The van der Waals surface area contributed by atoms with E-state index < -0.39 is 25.2 Å². The highest BCUT2D eigenvalue weighted by atomic mass is 19.4. The van der Waals surface area contributed by atoms with Crippen LogP contribution in [-0.2, 0) is 16.0 Å². The maximum atomic E-state index is 11.9. The molecular formula is C13H19F3N2O2. The summed E-state index contributed by atoms with van der Waals surface area (Å²) in [5, 5.41) is 4.27. The Hall–Kier alpha value is -1.37. The number of rotatable bonds is 8. The summed E-state index contributed by atoms with van der Waals surface area (Å²) in [5.41, 5.74) is 0.553. The van der Waals surface area contributed by atoms with E-state index in [1.54, 1.807) is 16.9 Å². The Morgan fingerprint density at radius 1 is 1.40 bits per heavy atom. The van der Waals surface area contributed by atoms with Crippen molar-refractivity contribution in [3.05, 3.63) is 18.0 Å². The molecule has 0 fully saturated rings. The fourth-order valence-corrected chi connectivity index (χ4v) is 1.87. The molecule has 0 aliphatic heterocycles. The number of Topliss-reactive ketones (excluding diaryl/α,β-unsaturated/α-hetero) is 1. The highest BCUT2D eigenvalue weighted by Gasteiger charge is 2.27. The van der Waals surface area contributed by atoms with Gasteiger partial charge >= 0.3 is 6.18 Å². The average Bonchev–Trinajstić information content (AvgIpc) is 2.77. The van der Waals surface area contributed by atoms with E-state index in [-0.39, 0.29) is 12.5 Å². The van der Waals surface area contributed by atoms with Crippen LogP contribution in [0, 0.1) is 0 Å². The number of halogens is 3. The number of ketones is 1. The summed E-state index contributed by atoms with van der Waals surface area (Å²) >= 11 is 0. The molecule has 0 bridgehead atoms. The molecule has 20 heavy (non-hydrogen) atoms. The van der Waals surface area contributed by atoms with Gasteiger partial charge in [-0.2, -0.15) is 18.3 Å². The van der Waals surface area contributed by atoms with Gasteiger partial charge in [-0.05, 0) is 18.9 Å². The van der Waals surface area contributed by atoms with Crippen molar-refractivity contribution < 1.29 is 22.7 Å². The first-order valence-electron chi connectivity index (χ1n) is 6.56. The summed E-state index contributed by atoms with van der Waals surface area (Å²) in [4.78, 5) is 11.5. The second-order valence-electron chi connectivity index (χ2n) is 4.58. The van der Waals surface area contributed by atoms with E-state index in [0.717, 1.165) is 12.8 Å². The third-order valence-electron chi connectivity index (χ3n) is 2.89. The number of ether oxygens (including phenoxy) is 1. The number of carbonyl (C=O) groups is 1. The summed E-state index contributed by atoms with van der Waals surface area (Å²) in [6.07, 6.45) is -0.764. The molecule has 0 saturated carbocycles. The minimum Gasteiger partial charge on any atom is -0.364 e. The minimum absolute atomic E-state index is 0.00892. The SMILES string of the molecule is CCC(CC)n1ccc(CC(=O)COCC(F)(F)F)n1. The van der Waals surface area contributed by atoms with E-state index in [9.17, 15) is 18.0 Å². The largest absolute Gasteiger partial charge is 0.411 e. The Kier molecular flexibility index (Phi) is 6.19. The van der Waals surface area contributed by atoms with Gasteiger partial charge in [-0.1, -0.05) is 13.8 Å². The molecule has 0 N–H and O–H groups in total. The maximum absolute atomic E-state index is 11.9. The van der Waals surface area contributed by atoms with Crippen LogP contribution >= 0.6 is 0 Å². The molecule has 1 aromatic heterocycles. The molecule has 4 nitrogen and oxygen atoms in total. The van der Waals surface area contributed by atoms with Crippen LogP contribution in [0.15, 0.2) is 12.3 Å². The number of hydrogen-bond donors (Lipinski definition) is 0. The lowest BCUT2D eigenvalue weighted by molar-refractivity contribution is -0.175. The first kappa shape index (κ1) is 16.7. The van der Waals surface area contributed by atoms with Gasteiger partial charge in [0.25, 0.3) is 0 Å². The molecule has 0 atom stereocenters. The van der Waals surface area contributed by atoms with Gasteiger partial charge in [-0.3, -0.25) is 9.48 Å². The Bertz CT molecular complexity index is 425. The molecule has 0 aliphatic carbocycles. The molecule has 0 aromatic carbocycles. The van der Waals surface area contributed by atoms with Gasteiger partial charge in [0.1, 0.15) is 13.2 Å². The Labute approximate surface area is 115 Å². The standard InChI is InChI=1S/C13H19F3N2O2/c1-3-11(4-2)18-6-5-10(17-18)7-12(19)8-20-9-13(14,15)16/h5-6,11H,3-4,7-9H2,1-2H3. The maximum Gasteiger partial charge on any atom is 0.411 e. The molecule has 1 heterocycles. The van der Waals surface area contributed by atoms with Crippen molar-refractivity contribution in [3.8, 4) is 0 Å². The topological polar surface area (TPSA) is 44.1 Å². The van der Waals surface area contributed by atoms with E-state index in [4.69, 9.17) is 0 Å². The molecule has 1 rings (SSSR count). The highest BCUT2D eigenvalue weighted by Crippen LogP contribution is 2.15. The Morgan fingerprint density at radius 3 is 2.60 bits per heavy atom. The summed E-state index contributed by atoms with van der Waals surface area (Å²) in [5.74, 6) is -0.413. The van der Waals surface area contributed by atoms with Gasteiger partial charge in [-0.25, -0.2) is 0 Å². The van der Waals surface area contributed by atoms with Crippen molar-refractivity contribution in [1.29, 1.82) is 0 Å². The third-order valence-corrected chi connectivity index (χ3v) is 2.89. The lowest BCUT2D eigenvalue weighted by Gasteiger charge is -2.12. The first-order chi connectivity index (χ1) is 9.35. The van der Waals surface area contributed by atoms with Gasteiger partial charge in [0.15, 0.2) is 5.78 Å². The zero-order valence-corrected chi connectivity index (χ0v) is 11.6. The van der Waals surface area contributed by atoms with E-state index in [1.807, 2.05) is 13.8 Å². The second-order valence-corrected chi connectivity index (χ2v) is 4.58. The lowest BCUT2D eigenvalue weighted by atomic mass is 10.2. The number of aromatic nitrogens is 2. The number of hydrogen-bond acceptors (Lipinski definition) is 3. The monoisotopic (exact) mass is 292 g/mol. The molecule has 0 aliphatic rings. The third kappa shape index (κ3) is 5.73. The summed E-state index contributed by atoms with van der Waals surface area (Å²) in [6, 6.07) is 1.99. The van der Waals surface area contributed by atoms with Crippen molar-refractivity contribution >= 4 is 5.78 Å². The van der Waals surface area contributed by atoms with E-state index in [0.29, 0.717) is 5.69 Å².